The molecule has 1 amide bonds. The topological polar surface area (TPSA) is 68.2 Å². The number of aromatic nitrogens is 3. The molecular weight excluding hydrogens is 316 g/mol. The number of piperidine rings is 1. The minimum absolute atomic E-state index is 0.169. The Labute approximate surface area is 148 Å². The monoisotopic (exact) mass is 340 g/mol. The lowest BCUT2D eigenvalue weighted by atomic mass is 9.90. The number of nitrogens with zero attached hydrogens (tertiary/aromatic N) is 4. The summed E-state index contributed by atoms with van der Waals surface area (Å²) in [6, 6.07) is 3.81. The van der Waals surface area contributed by atoms with E-state index in [1.165, 1.54) is 0 Å². The predicted octanol–water partition coefficient (Wildman–Crippen LogP) is 2.28. The van der Waals surface area contributed by atoms with Crippen LogP contribution in [0, 0.1) is 6.92 Å². The van der Waals surface area contributed by atoms with Gasteiger partial charge in [0.05, 0.1) is 18.7 Å². The third-order valence-corrected chi connectivity index (χ3v) is 4.63. The lowest BCUT2D eigenvalue weighted by molar-refractivity contribution is -0.131. The normalized spacial score (nSPS) is 15.4. The van der Waals surface area contributed by atoms with Gasteiger partial charge < -0.3 is 9.64 Å². The second-order valence-electron chi connectivity index (χ2n) is 6.45. The Morgan fingerprint density at radius 1 is 1.32 bits per heavy atom. The van der Waals surface area contributed by atoms with Crippen LogP contribution in [0.2, 0.25) is 0 Å². The quantitative estimate of drug-likeness (QED) is 0.835. The Morgan fingerprint density at radius 2 is 2.12 bits per heavy atom. The van der Waals surface area contributed by atoms with Gasteiger partial charge in [-0.2, -0.15) is 0 Å². The van der Waals surface area contributed by atoms with Crippen molar-refractivity contribution in [1.82, 2.24) is 19.9 Å². The molecule has 0 spiro atoms. The summed E-state index contributed by atoms with van der Waals surface area (Å²) in [4.78, 5) is 27.4. The summed E-state index contributed by atoms with van der Waals surface area (Å²) in [6.07, 6.45) is 7.60. The van der Waals surface area contributed by atoms with Crippen molar-refractivity contribution in [3.8, 4) is 0 Å². The van der Waals surface area contributed by atoms with E-state index in [4.69, 9.17) is 4.74 Å². The molecular formula is C19H24N4O2. The first kappa shape index (κ1) is 17.5. The summed E-state index contributed by atoms with van der Waals surface area (Å²) in [7, 11) is 1.68. The van der Waals surface area contributed by atoms with Crippen LogP contribution in [0.15, 0.2) is 30.7 Å². The van der Waals surface area contributed by atoms with Crippen LogP contribution in [0.1, 0.15) is 41.4 Å². The van der Waals surface area contributed by atoms with Crippen LogP contribution in [0.4, 0.5) is 0 Å². The molecule has 0 saturated carbocycles. The van der Waals surface area contributed by atoms with Gasteiger partial charge >= 0.3 is 0 Å². The van der Waals surface area contributed by atoms with Crippen molar-refractivity contribution in [3.05, 3.63) is 53.4 Å². The number of carbonyl (C=O) groups excluding carboxylic acids is 1. The third-order valence-electron chi connectivity index (χ3n) is 4.63. The average molecular weight is 340 g/mol. The molecule has 0 radical (unpaired) electrons. The van der Waals surface area contributed by atoms with Gasteiger partial charge in [0.2, 0.25) is 5.91 Å². The molecule has 0 aromatic carbocycles. The molecule has 2 aromatic heterocycles. The van der Waals surface area contributed by atoms with Crippen LogP contribution in [0.5, 0.6) is 0 Å². The van der Waals surface area contributed by atoms with Crippen molar-refractivity contribution in [2.24, 2.45) is 0 Å². The zero-order valence-electron chi connectivity index (χ0n) is 14.8. The van der Waals surface area contributed by atoms with E-state index in [1.54, 1.807) is 19.5 Å². The fourth-order valence-corrected chi connectivity index (χ4v) is 3.32. The molecule has 1 fully saturated rings. The molecule has 3 rings (SSSR count). The lowest BCUT2D eigenvalue weighted by Gasteiger charge is -2.32. The number of rotatable bonds is 5. The lowest BCUT2D eigenvalue weighted by Crippen LogP contribution is -2.39. The van der Waals surface area contributed by atoms with Crippen LogP contribution in [0.3, 0.4) is 0 Å². The number of aryl methyl sites for hydroxylation is 1. The second kappa shape index (κ2) is 8.16. The number of hydrogen-bond acceptors (Lipinski definition) is 5. The minimum Gasteiger partial charge on any atom is -0.380 e. The molecule has 0 unspecified atom stereocenters. The number of carbonyl (C=O) groups is 1. The number of likely N-dealkylation sites (tertiary alicyclic amines) is 1. The van der Waals surface area contributed by atoms with Crippen molar-refractivity contribution in [2.45, 2.75) is 38.7 Å². The summed E-state index contributed by atoms with van der Waals surface area (Å²) < 4.78 is 5.27. The maximum absolute atomic E-state index is 12.5. The molecule has 132 valence electrons. The number of ether oxygens (including phenoxy) is 1. The van der Waals surface area contributed by atoms with Crippen LogP contribution < -0.4 is 0 Å². The Hall–Kier alpha value is -2.34. The highest BCUT2D eigenvalue weighted by Gasteiger charge is 2.26. The molecule has 6 heteroatoms. The average Bonchev–Trinajstić information content (AvgIpc) is 2.64. The summed E-state index contributed by atoms with van der Waals surface area (Å²) >= 11 is 0. The van der Waals surface area contributed by atoms with Gasteiger partial charge in [-0.05, 0) is 31.4 Å². The van der Waals surface area contributed by atoms with Gasteiger partial charge in [-0.1, -0.05) is 6.07 Å². The molecule has 1 aliphatic rings. The van der Waals surface area contributed by atoms with Crippen molar-refractivity contribution >= 4 is 5.91 Å². The largest absolute Gasteiger partial charge is 0.380 e. The van der Waals surface area contributed by atoms with Crippen molar-refractivity contribution in [3.63, 3.8) is 0 Å². The van der Waals surface area contributed by atoms with E-state index in [-0.39, 0.29) is 5.91 Å². The SMILES string of the molecule is COCc1cnc(C)nc1C1CCN(C(=O)Cc2cccnc2)CC1. The van der Waals surface area contributed by atoms with E-state index >= 15 is 0 Å². The minimum atomic E-state index is 0.169. The fraction of sp³-hybridized carbons (Fsp3) is 0.474. The summed E-state index contributed by atoms with van der Waals surface area (Å²) in [5.74, 6) is 1.31. The van der Waals surface area contributed by atoms with Gasteiger partial charge in [-0.15, -0.1) is 0 Å². The first-order chi connectivity index (χ1) is 12.2. The molecule has 3 heterocycles. The number of pyridine rings is 1. The maximum Gasteiger partial charge on any atom is 0.227 e. The zero-order chi connectivity index (χ0) is 17.6. The van der Waals surface area contributed by atoms with Crippen LogP contribution >= 0.6 is 0 Å². The van der Waals surface area contributed by atoms with Crippen molar-refractivity contribution in [2.75, 3.05) is 20.2 Å². The standard InChI is InChI=1S/C19H24N4O2/c1-14-21-12-17(13-25-2)19(22-14)16-5-8-23(9-6-16)18(24)10-15-4-3-7-20-11-15/h3-4,7,11-12,16H,5-6,8-10,13H2,1-2H3. The molecule has 6 nitrogen and oxygen atoms in total. The van der Waals surface area contributed by atoms with Gasteiger partial charge in [0, 0.05) is 50.3 Å². The van der Waals surface area contributed by atoms with Gasteiger partial charge in [-0.3, -0.25) is 9.78 Å². The smallest absolute Gasteiger partial charge is 0.227 e. The molecule has 1 aliphatic heterocycles. The zero-order valence-corrected chi connectivity index (χ0v) is 14.8. The molecule has 2 aromatic rings. The van der Waals surface area contributed by atoms with E-state index in [0.717, 1.165) is 48.6 Å². The highest BCUT2D eigenvalue weighted by Crippen LogP contribution is 2.29. The first-order valence-corrected chi connectivity index (χ1v) is 8.65. The molecule has 0 aliphatic carbocycles. The number of hydrogen-bond donors (Lipinski definition) is 0. The van der Waals surface area contributed by atoms with Crippen molar-refractivity contribution in [1.29, 1.82) is 0 Å². The molecule has 25 heavy (non-hydrogen) atoms. The number of amides is 1. The molecule has 1 saturated heterocycles. The second-order valence-corrected chi connectivity index (χ2v) is 6.45. The van der Waals surface area contributed by atoms with Crippen LogP contribution in [0.25, 0.3) is 0 Å². The summed E-state index contributed by atoms with van der Waals surface area (Å²) in [5.41, 5.74) is 3.09. The van der Waals surface area contributed by atoms with Crippen LogP contribution in [-0.4, -0.2) is 46.0 Å². The van der Waals surface area contributed by atoms with Crippen molar-refractivity contribution < 1.29 is 9.53 Å². The Kier molecular flexibility index (Phi) is 5.71. The highest BCUT2D eigenvalue weighted by molar-refractivity contribution is 5.78. The fourth-order valence-electron chi connectivity index (χ4n) is 3.32. The highest BCUT2D eigenvalue weighted by atomic mass is 16.5. The van der Waals surface area contributed by atoms with Gasteiger partial charge in [-0.25, -0.2) is 9.97 Å². The van der Waals surface area contributed by atoms with Gasteiger partial charge in [0.15, 0.2) is 0 Å². The maximum atomic E-state index is 12.5. The predicted molar refractivity (Wildman–Crippen MR) is 94.0 cm³/mol. The van der Waals surface area contributed by atoms with E-state index < -0.39 is 0 Å². The first-order valence-electron chi connectivity index (χ1n) is 8.65. The summed E-state index contributed by atoms with van der Waals surface area (Å²) in [5, 5.41) is 0. The van der Waals surface area contributed by atoms with Gasteiger partial charge in [0.1, 0.15) is 5.82 Å². The van der Waals surface area contributed by atoms with Crippen LogP contribution in [-0.2, 0) is 22.6 Å². The van der Waals surface area contributed by atoms with E-state index in [0.29, 0.717) is 18.9 Å². The Bertz CT molecular complexity index is 713. The van der Waals surface area contributed by atoms with E-state index in [1.807, 2.05) is 30.2 Å². The third kappa shape index (κ3) is 4.39. The summed E-state index contributed by atoms with van der Waals surface area (Å²) in [6.45, 7) is 3.96. The molecule has 0 atom stereocenters. The van der Waals surface area contributed by atoms with E-state index in [2.05, 4.69) is 15.0 Å². The molecule has 0 bridgehead atoms. The molecule has 0 N–H and O–H groups in total. The Morgan fingerprint density at radius 3 is 2.80 bits per heavy atom. The van der Waals surface area contributed by atoms with E-state index in [9.17, 15) is 4.79 Å². The Balaban J connectivity index is 1.62. The number of methoxy groups -OCH3 is 1. The van der Waals surface area contributed by atoms with Gasteiger partial charge in [0.25, 0.3) is 0 Å².